The topological polar surface area (TPSA) is 64.4 Å². The van der Waals surface area contributed by atoms with Gasteiger partial charge < -0.3 is 15.8 Å². The van der Waals surface area contributed by atoms with Crippen LogP contribution in [0.4, 0.5) is 0 Å². The Morgan fingerprint density at radius 3 is 2.79 bits per heavy atom. The maximum atomic E-state index is 11.9. The molecular formula is C14H21ClN2O2. The van der Waals surface area contributed by atoms with Crippen LogP contribution in [0.5, 0.6) is 5.75 Å². The van der Waals surface area contributed by atoms with Crippen molar-refractivity contribution in [2.24, 2.45) is 11.7 Å². The van der Waals surface area contributed by atoms with Gasteiger partial charge in [0.15, 0.2) is 0 Å². The largest absolute Gasteiger partial charge is 0.491 e. The zero-order chi connectivity index (χ0) is 13.1. The van der Waals surface area contributed by atoms with E-state index in [1.54, 1.807) is 0 Å². The number of hydrogen-bond donors (Lipinski definition) is 2. The van der Waals surface area contributed by atoms with E-state index in [0.29, 0.717) is 6.61 Å². The summed E-state index contributed by atoms with van der Waals surface area (Å²) in [5.41, 5.74) is 6.95. The van der Waals surface area contributed by atoms with Crippen molar-refractivity contribution in [3.8, 4) is 5.75 Å². The minimum absolute atomic E-state index is 0. The third kappa shape index (κ3) is 3.85. The number of nitrogens with one attached hydrogen (secondary N) is 1. The van der Waals surface area contributed by atoms with Crippen LogP contribution < -0.4 is 15.8 Å². The summed E-state index contributed by atoms with van der Waals surface area (Å²) in [6, 6.07) is 7.46. The molecule has 106 valence electrons. The minimum atomic E-state index is -0.456. The lowest BCUT2D eigenvalue weighted by Crippen LogP contribution is -2.51. The van der Waals surface area contributed by atoms with Crippen LogP contribution in [-0.2, 0) is 11.2 Å². The molecule has 1 heterocycles. The smallest absolute Gasteiger partial charge is 0.237 e. The number of benzene rings is 1. The molecule has 1 aromatic rings. The van der Waals surface area contributed by atoms with Crippen LogP contribution >= 0.6 is 12.4 Å². The Balaban J connectivity index is 0.00000180. The molecule has 4 nitrogen and oxygen atoms in total. The predicted octanol–water partition coefficient (Wildman–Crippen LogP) is 1.51. The molecular weight excluding hydrogens is 264 g/mol. The van der Waals surface area contributed by atoms with Gasteiger partial charge in [0.25, 0.3) is 0 Å². The van der Waals surface area contributed by atoms with Gasteiger partial charge in [0.05, 0.1) is 12.1 Å². The lowest BCUT2D eigenvalue weighted by atomic mass is 10.0. The molecule has 0 aromatic heterocycles. The first-order chi connectivity index (χ1) is 8.58. The average molecular weight is 285 g/mol. The number of hydrogen-bond acceptors (Lipinski definition) is 3. The number of amides is 1. The van der Waals surface area contributed by atoms with Gasteiger partial charge in [0.2, 0.25) is 5.91 Å². The van der Waals surface area contributed by atoms with Crippen LogP contribution in [0.2, 0.25) is 0 Å². The number of halogens is 1. The van der Waals surface area contributed by atoms with E-state index in [4.69, 9.17) is 10.5 Å². The fourth-order valence-corrected chi connectivity index (χ4v) is 2.02. The Labute approximate surface area is 120 Å². The summed E-state index contributed by atoms with van der Waals surface area (Å²) in [5, 5.41) is 2.95. The number of carbonyl (C=O) groups is 1. The third-order valence-corrected chi connectivity index (χ3v) is 3.25. The summed E-state index contributed by atoms with van der Waals surface area (Å²) in [4.78, 5) is 11.9. The summed E-state index contributed by atoms with van der Waals surface area (Å²) in [5.74, 6) is 0.955. The highest BCUT2D eigenvalue weighted by Gasteiger charge is 2.24. The number of ether oxygens (including phenoxy) is 1. The zero-order valence-corrected chi connectivity index (χ0v) is 12.1. The molecule has 0 radical (unpaired) electrons. The highest BCUT2D eigenvalue weighted by atomic mass is 35.5. The quantitative estimate of drug-likeness (QED) is 0.884. The fraction of sp³-hybridized carbons (Fsp3) is 0.500. The molecule has 1 aliphatic rings. The third-order valence-electron chi connectivity index (χ3n) is 3.25. The van der Waals surface area contributed by atoms with Crippen molar-refractivity contribution in [2.75, 3.05) is 6.61 Å². The van der Waals surface area contributed by atoms with Crippen molar-refractivity contribution >= 4 is 18.3 Å². The van der Waals surface area contributed by atoms with Crippen molar-refractivity contribution < 1.29 is 9.53 Å². The second-order valence-corrected chi connectivity index (χ2v) is 5.10. The van der Waals surface area contributed by atoms with Crippen molar-refractivity contribution in [1.29, 1.82) is 0 Å². The van der Waals surface area contributed by atoms with Crippen LogP contribution in [0.25, 0.3) is 0 Å². The highest BCUT2D eigenvalue weighted by Crippen LogP contribution is 2.23. The minimum Gasteiger partial charge on any atom is -0.491 e. The molecule has 1 aromatic carbocycles. The van der Waals surface area contributed by atoms with Gasteiger partial charge in [-0.2, -0.15) is 0 Å². The first kappa shape index (κ1) is 15.8. The van der Waals surface area contributed by atoms with E-state index < -0.39 is 6.04 Å². The normalized spacial score (nSPS) is 18.8. The van der Waals surface area contributed by atoms with E-state index in [-0.39, 0.29) is 30.3 Å². The van der Waals surface area contributed by atoms with E-state index in [0.717, 1.165) is 17.7 Å². The van der Waals surface area contributed by atoms with Gasteiger partial charge in [0, 0.05) is 0 Å². The molecule has 2 atom stereocenters. The van der Waals surface area contributed by atoms with Gasteiger partial charge >= 0.3 is 0 Å². The number of rotatable bonds is 3. The first-order valence-electron chi connectivity index (χ1n) is 6.34. The Bertz CT molecular complexity index is 437. The molecule has 1 amide bonds. The molecule has 2 unspecified atom stereocenters. The molecule has 0 aliphatic carbocycles. The maximum absolute atomic E-state index is 11.9. The second kappa shape index (κ2) is 6.78. The Kier molecular flexibility index (Phi) is 5.63. The van der Waals surface area contributed by atoms with Gasteiger partial charge in [-0.05, 0) is 24.0 Å². The number of fused-ring (bicyclic) bond motifs is 1. The molecule has 0 spiro atoms. The van der Waals surface area contributed by atoms with Crippen LogP contribution in [0.15, 0.2) is 24.3 Å². The van der Waals surface area contributed by atoms with E-state index in [2.05, 4.69) is 5.32 Å². The van der Waals surface area contributed by atoms with Gasteiger partial charge in [-0.25, -0.2) is 0 Å². The number of nitrogens with two attached hydrogens (primary N) is 1. The van der Waals surface area contributed by atoms with E-state index in [1.807, 2.05) is 38.1 Å². The summed E-state index contributed by atoms with van der Waals surface area (Å²) < 4.78 is 5.62. The van der Waals surface area contributed by atoms with Crippen LogP contribution in [0.1, 0.15) is 19.4 Å². The molecule has 0 bridgehead atoms. The summed E-state index contributed by atoms with van der Waals surface area (Å²) in [6.07, 6.45) is 0.798. The Morgan fingerprint density at radius 2 is 2.11 bits per heavy atom. The maximum Gasteiger partial charge on any atom is 0.237 e. The Morgan fingerprint density at radius 1 is 1.42 bits per heavy atom. The second-order valence-electron chi connectivity index (χ2n) is 5.10. The molecule has 2 rings (SSSR count). The number of carbonyl (C=O) groups excluding carboxylic acids is 1. The molecule has 0 fully saturated rings. The fourth-order valence-electron chi connectivity index (χ4n) is 2.02. The zero-order valence-electron chi connectivity index (χ0n) is 11.3. The lowest BCUT2D eigenvalue weighted by molar-refractivity contribution is -0.124. The Hall–Kier alpha value is -1.26. The molecule has 5 heteroatoms. The molecule has 19 heavy (non-hydrogen) atoms. The van der Waals surface area contributed by atoms with Crippen LogP contribution in [0, 0.1) is 5.92 Å². The summed E-state index contributed by atoms with van der Waals surface area (Å²) >= 11 is 0. The SMILES string of the molecule is CC(C)C(N)C(=O)NC1COc2ccccc2C1.Cl. The van der Waals surface area contributed by atoms with E-state index in [9.17, 15) is 4.79 Å². The highest BCUT2D eigenvalue weighted by molar-refractivity contribution is 5.85. The number of para-hydroxylation sites is 1. The monoisotopic (exact) mass is 284 g/mol. The van der Waals surface area contributed by atoms with Gasteiger partial charge in [0.1, 0.15) is 12.4 Å². The van der Waals surface area contributed by atoms with Crippen molar-refractivity contribution in [2.45, 2.75) is 32.4 Å². The van der Waals surface area contributed by atoms with Gasteiger partial charge in [-0.3, -0.25) is 4.79 Å². The van der Waals surface area contributed by atoms with Crippen molar-refractivity contribution in [1.82, 2.24) is 5.32 Å². The van der Waals surface area contributed by atoms with E-state index in [1.165, 1.54) is 0 Å². The van der Waals surface area contributed by atoms with Crippen LogP contribution in [-0.4, -0.2) is 24.6 Å². The average Bonchev–Trinajstić information content (AvgIpc) is 2.37. The summed E-state index contributed by atoms with van der Waals surface area (Å²) in [7, 11) is 0. The molecule has 3 N–H and O–H groups in total. The first-order valence-corrected chi connectivity index (χ1v) is 6.34. The van der Waals surface area contributed by atoms with Gasteiger partial charge in [-0.15, -0.1) is 12.4 Å². The molecule has 0 saturated heterocycles. The van der Waals surface area contributed by atoms with Crippen LogP contribution in [0.3, 0.4) is 0 Å². The molecule has 0 saturated carbocycles. The van der Waals surface area contributed by atoms with Gasteiger partial charge in [-0.1, -0.05) is 32.0 Å². The van der Waals surface area contributed by atoms with Crippen molar-refractivity contribution in [3.05, 3.63) is 29.8 Å². The predicted molar refractivity (Wildman–Crippen MR) is 77.6 cm³/mol. The standard InChI is InChI=1S/C14H20N2O2.ClH/c1-9(2)13(15)14(17)16-11-7-10-5-3-4-6-12(10)18-8-11;/h3-6,9,11,13H,7-8,15H2,1-2H3,(H,16,17);1H. The van der Waals surface area contributed by atoms with E-state index >= 15 is 0 Å². The molecule has 1 aliphatic heterocycles. The lowest BCUT2D eigenvalue weighted by Gasteiger charge is -2.27. The van der Waals surface area contributed by atoms with Crippen molar-refractivity contribution in [3.63, 3.8) is 0 Å². The summed E-state index contributed by atoms with van der Waals surface area (Å²) in [6.45, 7) is 4.39.